The molecular formula is C14H24N4O7. The molecule has 0 fully saturated rings. The number of carbonyl (C=O) groups excluding carboxylic acids is 4. The van der Waals surface area contributed by atoms with Gasteiger partial charge < -0.3 is 31.9 Å². The molecule has 4 atom stereocenters. The largest absolute Gasteiger partial charge is 0.480 e. The number of rotatable bonds is 10. The molecule has 142 valence electrons. The summed E-state index contributed by atoms with van der Waals surface area (Å²) in [5.41, 5.74) is 5.02. The van der Waals surface area contributed by atoms with Crippen molar-refractivity contribution in [3.05, 3.63) is 0 Å². The lowest BCUT2D eigenvalue weighted by atomic mass is 10.1. The second-order valence-corrected chi connectivity index (χ2v) is 5.55. The molecule has 0 aliphatic rings. The molecule has 25 heavy (non-hydrogen) atoms. The molecule has 0 saturated carbocycles. The van der Waals surface area contributed by atoms with E-state index in [9.17, 15) is 29.1 Å². The highest BCUT2D eigenvalue weighted by atomic mass is 16.4. The van der Waals surface area contributed by atoms with E-state index in [4.69, 9.17) is 10.8 Å². The lowest BCUT2D eigenvalue weighted by molar-refractivity contribution is -0.145. The van der Waals surface area contributed by atoms with E-state index < -0.39 is 53.8 Å². The average Bonchev–Trinajstić information content (AvgIpc) is 2.46. The minimum atomic E-state index is -1.59. The van der Waals surface area contributed by atoms with Gasteiger partial charge >= 0.3 is 5.97 Å². The number of nitrogens with one attached hydrogen (secondary N) is 3. The van der Waals surface area contributed by atoms with E-state index in [1.165, 1.54) is 20.8 Å². The van der Waals surface area contributed by atoms with Crippen LogP contribution >= 0.6 is 0 Å². The Morgan fingerprint density at radius 1 is 1.00 bits per heavy atom. The number of carboxylic acid groups (broad SMARTS) is 1. The van der Waals surface area contributed by atoms with Crippen LogP contribution in [0.3, 0.4) is 0 Å². The Balaban J connectivity index is 5.10. The first-order valence-electron chi connectivity index (χ1n) is 7.52. The summed E-state index contributed by atoms with van der Waals surface area (Å²) in [4.78, 5) is 57.1. The van der Waals surface area contributed by atoms with Crippen molar-refractivity contribution in [3.8, 4) is 0 Å². The highest BCUT2D eigenvalue weighted by Crippen LogP contribution is 2.02. The van der Waals surface area contributed by atoms with Crippen LogP contribution in [0.5, 0.6) is 0 Å². The van der Waals surface area contributed by atoms with Crippen molar-refractivity contribution < 1.29 is 34.2 Å². The lowest BCUT2D eigenvalue weighted by Crippen LogP contribution is -2.57. The molecule has 0 aromatic heterocycles. The van der Waals surface area contributed by atoms with Crippen LogP contribution in [0.15, 0.2) is 0 Å². The maximum atomic E-state index is 12.2. The normalized spacial score (nSPS) is 15.2. The molecule has 11 nitrogen and oxygen atoms in total. The molecule has 0 aliphatic carbocycles. The number of amides is 4. The third-order valence-electron chi connectivity index (χ3n) is 3.17. The monoisotopic (exact) mass is 360 g/mol. The number of carbonyl (C=O) groups is 5. The van der Waals surface area contributed by atoms with E-state index in [2.05, 4.69) is 16.0 Å². The molecule has 4 amide bonds. The fourth-order valence-corrected chi connectivity index (χ4v) is 1.87. The Labute approximate surface area is 144 Å². The van der Waals surface area contributed by atoms with Crippen LogP contribution in [0.4, 0.5) is 0 Å². The third-order valence-corrected chi connectivity index (χ3v) is 3.17. The molecule has 0 aromatic rings. The summed E-state index contributed by atoms with van der Waals surface area (Å²) in [6.45, 7) is 3.77. The SMILES string of the molecule is CC(=O)N[C@@H](C)C(=O)N[C@@H](CCC(N)=O)C(=O)N[C@H](C(=O)O)[C@@H](C)O. The molecule has 7 N–H and O–H groups in total. The molecule has 0 rings (SSSR count). The van der Waals surface area contributed by atoms with Gasteiger partial charge in [0.15, 0.2) is 6.04 Å². The van der Waals surface area contributed by atoms with Crippen LogP contribution in [0.2, 0.25) is 0 Å². The summed E-state index contributed by atoms with van der Waals surface area (Å²) in [5.74, 6) is -4.25. The molecule has 0 unspecified atom stereocenters. The predicted molar refractivity (Wildman–Crippen MR) is 84.9 cm³/mol. The Kier molecular flexibility index (Phi) is 9.13. The zero-order valence-corrected chi connectivity index (χ0v) is 14.2. The highest BCUT2D eigenvalue weighted by Gasteiger charge is 2.30. The third kappa shape index (κ3) is 8.65. The first-order chi connectivity index (χ1) is 11.5. The van der Waals surface area contributed by atoms with Gasteiger partial charge in [0.25, 0.3) is 0 Å². The van der Waals surface area contributed by atoms with E-state index in [1.54, 1.807) is 0 Å². The Morgan fingerprint density at radius 3 is 1.96 bits per heavy atom. The molecule has 0 saturated heterocycles. The Bertz CT molecular complexity index is 535. The van der Waals surface area contributed by atoms with E-state index in [0.29, 0.717) is 0 Å². The van der Waals surface area contributed by atoms with Gasteiger partial charge in [0.2, 0.25) is 23.6 Å². The van der Waals surface area contributed by atoms with Gasteiger partial charge in [0.1, 0.15) is 12.1 Å². The number of aliphatic hydroxyl groups is 1. The molecular weight excluding hydrogens is 336 g/mol. The summed E-state index contributed by atoms with van der Waals surface area (Å²) >= 11 is 0. The van der Waals surface area contributed by atoms with Crippen LogP contribution in [0, 0.1) is 0 Å². The fourth-order valence-electron chi connectivity index (χ4n) is 1.87. The van der Waals surface area contributed by atoms with Crippen molar-refractivity contribution in [2.75, 3.05) is 0 Å². The number of aliphatic hydroxyl groups excluding tert-OH is 1. The van der Waals surface area contributed by atoms with E-state index >= 15 is 0 Å². The minimum absolute atomic E-state index is 0.175. The molecule has 0 spiro atoms. The lowest BCUT2D eigenvalue weighted by Gasteiger charge is -2.23. The van der Waals surface area contributed by atoms with Crippen LogP contribution in [-0.4, -0.2) is 64.0 Å². The Hall–Kier alpha value is -2.69. The number of aliphatic carboxylic acids is 1. The van der Waals surface area contributed by atoms with Gasteiger partial charge in [-0.25, -0.2) is 4.79 Å². The topological polar surface area (TPSA) is 188 Å². The summed E-state index contributed by atoms with van der Waals surface area (Å²) in [7, 11) is 0. The molecule has 0 aromatic carbocycles. The van der Waals surface area contributed by atoms with Gasteiger partial charge in [-0.2, -0.15) is 0 Å². The zero-order chi connectivity index (χ0) is 19.7. The quantitative estimate of drug-likeness (QED) is 0.243. The van der Waals surface area contributed by atoms with Gasteiger partial charge in [0, 0.05) is 13.3 Å². The van der Waals surface area contributed by atoms with Gasteiger partial charge in [-0.1, -0.05) is 0 Å². The van der Waals surface area contributed by atoms with Crippen LogP contribution in [0.25, 0.3) is 0 Å². The molecule has 0 heterocycles. The summed E-state index contributed by atoms with van der Waals surface area (Å²) in [6, 6.07) is -3.81. The average molecular weight is 360 g/mol. The first kappa shape index (κ1) is 22.3. The second kappa shape index (κ2) is 10.2. The molecule has 0 aliphatic heterocycles. The van der Waals surface area contributed by atoms with Crippen molar-refractivity contribution in [2.24, 2.45) is 5.73 Å². The fraction of sp³-hybridized carbons (Fsp3) is 0.643. The van der Waals surface area contributed by atoms with Crippen LogP contribution in [0.1, 0.15) is 33.6 Å². The molecule has 0 radical (unpaired) electrons. The van der Waals surface area contributed by atoms with E-state index in [1.807, 2.05) is 0 Å². The maximum Gasteiger partial charge on any atom is 0.328 e. The van der Waals surface area contributed by atoms with Crippen LogP contribution in [-0.2, 0) is 24.0 Å². The van der Waals surface area contributed by atoms with Gasteiger partial charge in [-0.05, 0) is 20.3 Å². The van der Waals surface area contributed by atoms with Crippen LogP contribution < -0.4 is 21.7 Å². The first-order valence-corrected chi connectivity index (χ1v) is 7.52. The number of carboxylic acids is 1. The second-order valence-electron chi connectivity index (χ2n) is 5.55. The standard InChI is InChI=1S/C14H24N4O7/c1-6(16-8(3)20)12(22)17-9(4-5-10(15)21)13(23)18-11(7(2)19)14(24)25/h6-7,9,11,19H,4-5H2,1-3H3,(H2,15,21)(H,16,20)(H,17,22)(H,18,23)(H,24,25)/t6-,7+,9-,11-/m0/s1. The van der Waals surface area contributed by atoms with Gasteiger partial charge in [0.05, 0.1) is 6.10 Å². The number of hydrogen-bond donors (Lipinski definition) is 6. The maximum absolute atomic E-state index is 12.2. The smallest absolute Gasteiger partial charge is 0.328 e. The predicted octanol–water partition coefficient (Wildman–Crippen LogP) is -2.79. The number of nitrogens with two attached hydrogens (primary N) is 1. The van der Waals surface area contributed by atoms with Gasteiger partial charge in [-0.3, -0.25) is 19.2 Å². The van der Waals surface area contributed by atoms with Gasteiger partial charge in [-0.15, -0.1) is 0 Å². The highest BCUT2D eigenvalue weighted by molar-refractivity contribution is 5.93. The number of primary amides is 1. The summed E-state index contributed by atoms with van der Waals surface area (Å²) in [5, 5.41) is 25.1. The van der Waals surface area contributed by atoms with Crippen molar-refractivity contribution >= 4 is 29.6 Å². The van der Waals surface area contributed by atoms with Crippen molar-refractivity contribution in [1.29, 1.82) is 0 Å². The summed E-state index contributed by atoms with van der Waals surface area (Å²) < 4.78 is 0. The zero-order valence-electron chi connectivity index (χ0n) is 14.2. The number of hydrogen-bond acceptors (Lipinski definition) is 6. The molecule has 11 heteroatoms. The van der Waals surface area contributed by atoms with E-state index in [0.717, 1.165) is 0 Å². The summed E-state index contributed by atoms with van der Waals surface area (Å²) in [6.07, 6.45) is -1.79. The minimum Gasteiger partial charge on any atom is -0.480 e. The van der Waals surface area contributed by atoms with Crippen molar-refractivity contribution in [1.82, 2.24) is 16.0 Å². The Morgan fingerprint density at radius 2 is 1.56 bits per heavy atom. The van der Waals surface area contributed by atoms with Crippen molar-refractivity contribution in [3.63, 3.8) is 0 Å². The van der Waals surface area contributed by atoms with Crippen molar-refractivity contribution in [2.45, 2.75) is 57.8 Å². The molecule has 0 bridgehead atoms. The van der Waals surface area contributed by atoms with E-state index in [-0.39, 0.29) is 12.8 Å².